The van der Waals surface area contributed by atoms with Crippen LogP contribution >= 0.6 is 22.9 Å². The zero-order chi connectivity index (χ0) is 20.2. The maximum Gasteiger partial charge on any atom is 0.271 e. The summed E-state index contributed by atoms with van der Waals surface area (Å²) >= 11 is 7.45. The Morgan fingerprint density at radius 3 is 2.55 bits per heavy atom. The molecule has 5 nitrogen and oxygen atoms in total. The van der Waals surface area contributed by atoms with Crippen molar-refractivity contribution in [2.75, 3.05) is 36.0 Å². The zero-order valence-corrected chi connectivity index (χ0v) is 17.2. The Morgan fingerprint density at radius 1 is 1.10 bits per heavy atom. The first kappa shape index (κ1) is 19.7. The van der Waals surface area contributed by atoms with E-state index < -0.39 is 0 Å². The van der Waals surface area contributed by atoms with Crippen molar-refractivity contribution in [3.05, 3.63) is 76.0 Å². The molecule has 0 unspecified atom stereocenters. The molecule has 0 spiro atoms. The Labute approximate surface area is 177 Å². The molecule has 1 N–H and O–H groups in total. The number of nitrogens with zero attached hydrogens (tertiary/aromatic N) is 3. The number of hydrogen-bond donors (Lipinski definition) is 1. The molecular formula is C21H20ClFN4OS. The molecule has 1 amide bonds. The fourth-order valence-corrected chi connectivity index (χ4v) is 4.31. The topological polar surface area (TPSA) is 48.5 Å². The molecule has 2 aromatic carbocycles. The summed E-state index contributed by atoms with van der Waals surface area (Å²) < 4.78 is 13.1. The summed E-state index contributed by atoms with van der Waals surface area (Å²) in [7, 11) is 0. The number of amides is 1. The number of benzene rings is 2. The Kier molecular flexibility index (Phi) is 5.97. The Morgan fingerprint density at radius 2 is 1.83 bits per heavy atom. The summed E-state index contributed by atoms with van der Waals surface area (Å²) in [6.45, 7) is 3.65. The number of anilines is 2. The number of aromatic nitrogens is 1. The van der Waals surface area contributed by atoms with Crippen molar-refractivity contribution in [2.45, 2.75) is 6.54 Å². The molecule has 1 aliphatic heterocycles. The SMILES string of the molecule is O=C(NCc1cccc(Cl)c1)c1csc(N2CCN(c3ccc(F)cc3)CC2)n1. The number of piperazine rings is 1. The maximum absolute atomic E-state index is 13.1. The summed E-state index contributed by atoms with van der Waals surface area (Å²) in [5.41, 5.74) is 2.39. The van der Waals surface area contributed by atoms with Crippen molar-refractivity contribution in [3.8, 4) is 0 Å². The molecule has 29 heavy (non-hydrogen) atoms. The quantitative estimate of drug-likeness (QED) is 0.659. The molecule has 2 heterocycles. The highest BCUT2D eigenvalue weighted by atomic mass is 35.5. The minimum atomic E-state index is -0.226. The van der Waals surface area contributed by atoms with Crippen LogP contribution in [0.25, 0.3) is 0 Å². The van der Waals surface area contributed by atoms with Crippen LogP contribution in [0.15, 0.2) is 53.9 Å². The first-order chi connectivity index (χ1) is 14.1. The third kappa shape index (κ3) is 4.86. The summed E-state index contributed by atoms with van der Waals surface area (Å²) in [6, 6.07) is 14.0. The smallest absolute Gasteiger partial charge is 0.271 e. The number of carbonyl (C=O) groups is 1. The lowest BCUT2D eigenvalue weighted by molar-refractivity contribution is 0.0946. The summed E-state index contributed by atoms with van der Waals surface area (Å²) in [6.07, 6.45) is 0. The number of nitrogens with one attached hydrogen (secondary N) is 1. The molecule has 1 fully saturated rings. The van der Waals surface area contributed by atoms with E-state index in [2.05, 4.69) is 20.1 Å². The van der Waals surface area contributed by atoms with Gasteiger partial charge in [0.25, 0.3) is 5.91 Å². The Hall–Kier alpha value is -2.64. The highest BCUT2D eigenvalue weighted by Crippen LogP contribution is 2.24. The third-order valence-corrected chi connectivity index (χ3v) is 5.95. The van der Waals surface area contributed by atoms with Crippen LogP contribution in [0.3, 0.4) is 0 Å². The van der Waals surface area contributed by atoms with E-state index in [4.69, 9.17) is 11.6 Å². The first-order valence-electron chi connectivity index (χ1n) is 9.32. The summed E-state index contributed by atoms with van der Waals surface area (Å²) in [5, 5.41) is 6.16. The van der Waals surface area contributed by atoms with E-state index in [9.17, 15) is 9.18 Å². The van der Waals surface area contributed by atoms with Gasteiger partial charge in [-0.15, -0.1) is 11.3 Å². The van der Waals surface area contributed by atoms with Gasteiger partial charge in [0.2, 0.25) is 0 Å². The monoisotopic (exact) mass is 430 g/mol. The van der Waals surface area contributed by atoms with Crippen molar-refractivity contribution in [1.29, 1.82) is 0 Å². The molecule has 0 saturated carbocycles. The number of thiazole rings is 1. The second-order valence-electron chi connectivity index (χ2n) is 6.78. The van der Waals surface area contributed by atoms with E-state index >= 15 is 0 Å². The fourth-order valence-electron chi connectivity index (χ4n) is 3.24. The van der Waals surface area contributed by atoms with Crippen molar-refractivity contribution < 1.29 is 9.18 Å². The van der Waals surface area contributed by atoms with E-state index in [0.717, 1.165) is 42.6 Å². The normalized spacial score (nSPS) is 14.1. The molecule has 8 heteroatoms. The van der Waals surface area contributed by atoms with Crippen molar-refractivity contribution in [1.82, 2.24) is 10.3 Å². The average Bonchev–Trinajstić information content (AvgIpc) is 3.23. The van der Waals surface area contributed by atoms with Crippen LogP contribution in [0.5, 0.6) is 0 Å². The largest absolute Gasteiger partial charge is 0.368 e. The van der Waals surface area contributed by atoms with Crippen molar-refractivity contribution in [2.24, 2.45) is 0 Å². The number of rotatable bonds is 5. The molecule has 1 aromatic heterocycles. The second-order valence-corrected chi connectivity index (χ2v) is 8.05. The summed E-state index contributed by atoms with van der Waals surface area (Å²) in [4.78, 5) is 21.3. The zero-order valence-electron chi connectivity index (χ0n) is 15.6. The van der Waals surface area contributed by atoms with Gasteiger partial charge in [-0.1, -0.05) is 23.7 Å². The van der Waals surface area contributed by atoms with Crippen LogP contribution < -0.4 is 15.1 Å². The van der Waals surface area contributed by atoms with Gasteiger partial charge >= 0.3 is 0 Å². The number of carbonyl (C=O) groups excluding carboxylic acids is 1. The molecule has 1 saturated heterocycles. The van der Waals surface area contributed by atoms with Crippen molar-refractivity contribution >= 4 is 39.7 Å². The van der Waals surface area contributed by atoms with Crippen LogP contribution in [-0.2, 0) is 6.54 Å². The minimum absolute atomic E-state index is 0.197. The summed E-state index contributed by atoms with van der Waals surface area (Å²) in [5.74, 6) is -0.422. The standard InChI is InChI=1S/C21H20ClFN4OS/c22-16-3-1-2-15(12-16)13-24-20(28)19-14-29-21(25-19)27-10-8-26(9-11-27)18-6-4-17(23)5-7-18/h1-7,12,14H,8-11,13H2,(H,24,28). The fraction of sp³-hybridized carbons (Fsp3) is 0.238. The van der Waals surface area contributed by atoms with E-state index in [-0.39, 0.29) is 11.7 Å². The molecule has 0 atom stereocenters. The first-order valence-corrected chi connectivity index (χ1v) is 10.6. The van der Waals surface area contributed by atoms with Gasteiger partial charge in [0.15, 0.2) is 5.13 Å². The van der Waals surface area contributed by atoms with Crippen LogP contribution in [0, 0.1) is 5.82 Å². The highest BCUT2D eigenvalue weighted by Gasteiger charge is 2.21. The number of hydrogen-bond acceptors (Lipinski definition) is 5. The van der Waals surface area contributed by atoms with Gasteiger partial charge in [0, 0.05) is 48.8 Å². The van der Waals surface area contributed by atoms with Crippen molar-refractivity contribution in [3.63, 3.8) is 0 Å². The van der Waals surface area contributed by atoms with Gasteiger partial charge in [-0.05, 0) is 42.0 Å². The van der Waals surface area contributed by atoms with Gasteiger partial charge < -0.3 is 15.1 Å². The van der Waals surface area contributed by atoms with Crippen LogP contribution in [0.2, 0.25) is 5.02 Å². The van der Waals surface area contributed by atoms with E-state index in [1.54, 1.807) is 23.6 Å². The van der Waals surface area contributed by atoms with Gasteiger partial charge in [0.1, 0.15) is 11.5 Å². The van der Waals surface area contributed by atoms with Crippen LogP contribution in [-0.4, -0.2) is 37.1 Å². The second kappa shape index (κ2) is 8.80. The lowest BCUT2D eigenvalue weighted by Gasteiger charge is -2.36. The number of halogens is 2. The lowest BCUT2D eigenvalue weighted by atomic mass is 10.2. The van der Waals surface area contributed by atoms with Gasteiger partial charge in [-0.25, -0.2) is 9.37 Å². The van der Waals surface area contributed by atoms with E-state index in [1.165, 1.54) is 23.5 Å². The van der Waals surface area contributed by atoms with E-state index in [1.807, 2.05) is 18.2 Å². The predicted molar refractivity (Wildman–Crippen MR) is 116 cm³/mol. The molecular weight excluding hydrogens is 411 g/mol. The molecule has 3 aromatic rings. The molecule has 150 valence electrons. The average molecular weight is 431 g/mol. The van der Waals surface area contributed by atoms with Gasteiger partial charge in [-0.3, -0.25) is 4.79 Å². The molecule has 4 rings (SSSR count). The maximum atomic E-state index is 13.1. The molecule has 1 aliphatic rings. The predicted octanol–water partition coefficient (Wildman–Crippen LogP) is 4.19. The molecule has 0 bridgehead atoms. The van der Waals surface area contributed by atoms with Gasteiger partial charge in [-0.2, -0.15) is 0 Å². The lowest BCUT2D eigenvalue weighted by Crippen LogP contribution is -2.46. The minimum Gasteiger partial charge on any atom is -0.368 e. The molecule has 0 radical (unpaired) electrons. The van der Waals surface area contributed by atoms with Crippen LogP contribution in [0.1, 0.15) is 16.1 Å². The Balaban J connectivity index is 1.32. The highest BCUT2D eigenvalue weighted by molar-refractivity contribution is 7.13. The van der Waals surface area contributed by atoms with E-state index in [0.29, 0.717) is 17.3 Å². The van der Waals surface area contributed by atoms with Crippen LogP contribution in [0.4, 0.5) is 15.2 Å². The Bertz CT molecular complexity index is 986. The van der Waals surface area contributed by atoms with Gasteiger partial charge in [0.05, 0.1) is 0 Å². The molecule has 0 aliphatic carbocycles. The third-order valence-electron chi connectivity index (χ3n) is 4.81.